The van der Waals surface area contributed by atoms with Crippen LogP contribution in [0.25, 0.3) is 0 Å². The Labute approximate surface area is 94.1 Å². The highest BCUT2D eigenvalue weighted by Crippen LogP contribution is 2.17. The fourth-order valence-corrected chi connectivity index (χ4v) is 1.90. The molecule has 0 amide bonds. The van der Waals surface area contributed by atoms with Crippen LogP contribution in [0.5, 0.6) is 0 Å². The van der Waals surface area contributed by atoms with Gasteiger partial charge in [0, 0.05) is 6.54 Å². The first-order valence-corrected chi connectivity index (χ1v) is 5.86. The predicted octanol–water partition coefficient (Wildman–Crippen LogP) is 3.32. The number of aryl methyl sites for hydroxylation is 3. The largest absolute Gasteiger partial charge is 0.302 e. The predicted molar refractivity (Wildman–Crippen MR) is 67.3 cm³/mol. The molecule has 0 aliphatic carbocycles. The van der Waals surface area contributed by atoms with Gasteiger partial charge in [-0.2, -0.15) is 0 Å². The van der Waals surface area contributed by atoms with Crippen LogP contribution >= 0.6 is 0 Å². The molecule has 0 bridgehead atoms. The van der Waals surface area contributed by atoms with Crippen LogP contribution < -0.4 is 0 Å². The van der Waals surface area contributed by atoms with E-state index in [2.05, 4.69) is 51.8 Å². The molecular weight excluding hydrogens is 182 g/mol. The molecule has 1 aromatic rings. The second kappa shape index (κ2) is 5.32. The van der Waals surface area contributed by atoms with Crippen LogP contribution in [0.1, 0.15) is 36.1 Å². The molecule has 0 aliphatic heterocycles. The first kappa shape index (κ1) is 12.3. The third-order valence-corrected chi connectivity index (χ3v) is 3.16. The van der Waals surface area contributed by atoms with Crippen molar-refractivity contribution >= 4 is 0 Å². The standard InChI is InChI=1S/C14H23N/c1-6-13-9-14(10-15(5)7-2)12(4)8-11(13)3/h8-9H,6-7,10H2,1-5H3. The van der Waals surface area contributed by atoms with E-state index < -0.39 is 0 Å². The van der Waals surface area contributed by atoms with Crippen molar-refractivity contribution in [2.75, 3.05) is 13.6 Å². The third kappa shape index (κ3) is 3.07. The van der Waals surface area contributed by atoms with Gasteiger partial charge in [0.1, 0.15) is 0 Å². The highest BCUT2D eigenvalue weighted by atomic mass is 15.1. The lowest BCUT2D eigenvalue weighted by Crippen LogP contribution is -2.17. The molecule has 0 aromatic heterocycles. The summed E-state index contributed by atoms with van der Waals surface area (Å²) in [5.74, 6) is 0. The summed E-state index contributed by atoms with van der Waals surface area (Å²) in [5.41, 5.74) is 5.81. The molecule has 0 unspecified atom stereocenters. The van der Waals surface area contributed by atoms with E-state index in [4.69, 9.17) is 0 Å². The summed E-state index contributed by atoms with van der Waals surface area (Å²) >= 11 is 0. The van der Waals surface area contributed by atoms with E-state index >= 15 is 0 Å². The normalized spacial score (nSPS) is 11.1. The van der Waals surface area contributed by atoms with E-state index in [-0.39, 0.29) is 0 Å². The summed E-state index contributed by atoms with van der Waals surface area (Å²) in [6.45, 7) is 11.0. The Balaban J connectivity index is 2.97. The van der Waals surface area contributed by atoms with Crippen molar-refractivity contribution in [3.05, 3.63) is 34.4 Å². The Morgan fingerprint density at radius 3 is 2.13 bits per heavy atom. The lowest BCUT2D eigenvalue weighted by Gasteiger charge is -2.17. The highest BCUT2D eigenvalue weighted by molar-refractivity contribution is 5.37. The molecule has 1 rings (SSSR count). The summed E-state index contributed by atoms with van der Waals surface area (Å²) in [5, 5.41) is 0. The molecule has 1 aromatic carbocycles. The van der Waals surface area contributed by atoms with Crippen molar-refractivity contribution < 1.29 is 0 Å². The highest BCUT2D eigenvalue weighted by Gasteiger charge is 2.05. The van der Waals surface area contributed by atoms with Gasteiger partial charge < -0.3 is 4.90 Å². The van der Waals surface area contributed by atoms with Crippen LogP contribution in [-0.2, 0) is 13.0 Å². The molecule has 0 N–H and O–H groups in total. The molecule has 1 nitrogen and oxygen atoms in total. The fraction of sp³-hybridized carbons (Fsp3) is 0.571. The van der Waals surface area contributed by atoms with Gasteiger partial charge in [0.25, 0.3) is 0 Å². The zero-order valence-corrected chi connectivity index (χ0v) is 10.7. The van der Waals surface area contributed by atoms with Crippen molar-refractivity contribution in [1.82, 2.24) is 4.90 Å². The summed E-state index contributed by atoms with van der Waals surface area (Å²) < 4.78 is 0. The molecule has 84 valence electrons. The van der Waals surface area contributed by atoms with Crippen LogP contribution in [0.3, 0.4) is 0 Å². The minimum atomic E-state index is 1.07. The number of hydrogen-bond donors (Lipinski definition) is 0. The molecule has 15 heavy (non-hydrogen) atoms. The van der Waals surface area contributed by atoms with Gasteiger partial charge in [0.2, 0.25) is 0 Å². The SMILES string of the molecule is CCc1cc(CN(C)CC)c(C)cc1C. The summed E-state index contributed by atoms with van der Waals surface area (Å²) in [6, 6.07) is 4.69. The lowest BCUT2D eigenvalue weighted by atomic mass is 9.98. The smallest absolute Gasteiger partial charge is 0.0233 e. The molecule has 0 saturated heterocycles. The van der Waals surface area contributed by atoms with E-state index in [0.29, 0.717) is 0 Å². The van der Waals surface area contributed by atoms with Crippen molar-refractivity contribution in [2.24, 2.45) is 0 Å². The van der Waals surface area contributed by atoms with E-state index in [1.165, 1.54) is 22.3 Å². The Morgan fingerprint density at radius 2 is 1.60 bits per heavy atom. The van der Waals surface area contributed by atoms with Gasteiger partial charge in [-0.1, -0.05) is 26.0 Å². The van der Waals surface area contributed by atoms with Gasteiger partial charge in [-0.05, 0) is 56.1 Å². The molecule has 0 atom stereocenters. The maximum atomic E-state index is 2.37. The van der Waals surface area contributed by atoms with Crippen LogP contribution in [0.4, 0.5) is 0 Å². The molecule has 0 aliphatic rings. The molecule has 0 spiro atoms. The fourth-order valence-electron chi connectivity index (χ4n) is 1.90. The maximum Gasteiger partial charge on any atom is 0.0233 e. The average Bonchev–Trinajstić information content (AvgIpc) is 2.21. The number of hydrogen-bond acceptors (Lipinski definition) is 1. The van der Waals surface area contributed by atoms with Crippen molar-refractivity contribution in [3.63, 3.8) is 0 Å². The number of nitrogens with zero attached hydrogens (tertiary/aromatic N) is 1. The molecule has 0 radical (unpaired) electrons. The maximum absolute atomic E-state index is 2.37. The second-order valence-electron chi connectivity index (χ2n) is 4.39. The van der Waals surface area contributed by atoms with Crippen LogP contribution in [0.15, 0.2) is 12.1 Å². The van der Waals surface area contributed by atoms with Crippen molar-refractivity contribution in [2.45, 2.75) is 40.7 Å². The van der Waals surface area contributed by atoms with E-state index in [0.717, 1.165) is 19.5 Å². The Bertz CT molecular complexity index is 328. The summed E-state index contributed by atoms with van der Waals surface area (Å²) in [4.78, 5) is 2.34. The first-order chi connectivity index (χ1) is 7.08. The number of rotatable bonds is 4. The van der Waals surface area contributed by atoms with Crippen LogP contribution in [0.2, 0.25) is 0 Å². The van der Waals surface area contributed by atoms with E-state index in [1.54, 1.807) is 0 Å². The van der Waals surface area contributed by atoms with Crippen LogP contribution in [0, 0.1) is 13.8 Å². The summed E-state index contributed by atoms with van der Waals surface area (Å²) in [7, 11) is 2.17. The Kier molecular flexibility index (Phi) is 4.34. The minimum Gasteiger partial charge on any atom is -0.302 e. The summed E-state index contributed by atoms with van der Waals surface area (Å²) in [6.07, 6.45) is 1.13. The van der Waals surface area contributed by atoms with Gasteiger partial charge in [0.05, 0.1) is 0 Å². The van der Waals surface area contributed by atoms with Crippen molar-refractivity contribution in [1.29, 1.82) is 0 Å². The van der Waals surface area contributed by atoms with Gasteiger partial charge in [-0.25, -0.2) is 0 Å². The van der Waals surface area contributed by atoms with Gasteiger partial charge in [-0.3, -0.25) is 0 Å². The van der Waals surface area contributed by atoms with Crippen LogP contribution in [-0.4, -0.2) is 18.5 Å². The van der Waals surface area contributed by atoms with E-state index in [1.807, 2.05) is 0 Å². The average molecular weight is 205 g/mol. The molecule has 0 fully saturated rings. The lowest BCUT2D eigenvalue weighted by molar-refractivity contribution is 0.345. The minimum absolute atomic E-state index is 1.07. The topological polar surface area (TPSA) is 3.24 Å². The third-order valence-electron chi connectivity index (χ3n) is 3.16. The quantitative estimate of drug-likeness (QED) is 0.729. The molecule has 0 saturated carbocycles. The van der Waals surface area contributed by atoms with Gasteiger partial charge in [0.15, 0.2) is 0 Å². The second-order valence-corrected chi connectivity index (χ2v) is 4.39. The zero-order chi connectivity index (χ0) is 11.4. The molecule has 0 heterocycles. The zero-order valence-electron chi connectivity index (χ0n) is 10.7. The Morgan fingerprint density at radius 1 is 1.00 bits per heavy atom. The Hall–Kier alpha value is -0.820. The van der Waals surface area contributed by atoms with E-state index in [9.17, 15) is 0 Å². The van der Waals surface area contributed by atoms with Gasteiger partial charge in [-0.15, -0.1) is 0 Å². The first-order valence-electron chi connectivity index (χ1n) is 5.86. The molecule has 1 heteroatoms. The molecular formula is C14H23N. The van der Waals surface area contributed by atoms with Gasteiger partial charge >= 0.3 is 0 Å². The monoisotopic (exact) mass is 205 g/mol. The van der Waals surface area contributed by atoms with Crippen molar-refractivity contribution in [3.8, 4) is 0 Å². The number of benzene rings is 1.